The van der Waals surface area contributed by atoms with Crippen LogP contribution in [0.25, 0.3) is 0 Å². The lowest BCUT2D eigenvalue weighted by molar-refractivity contribution is -0.162. The van der Waals surface area contributed by atoms with Gasteiger partial charge < -0.3 is 34.5 Å². The molecule has 69 heavy (non-hydrogen) atoms. The Hall–Kier alpha value is -6.96. The molecule has 3 aliphatic heterocycles. The van der Waals surface area contributed by atoms with Crippen molar-refractivity contribution in [3.05, 3.63) is 130 Å². The van der Waals surface area contributed by atoms with Crippen LogP contribution >= 0.6 is 0 Å². The Morgan fingerprint density at radius 2 is 1.64 bits per heavy atom. The summed E-state index contributed by atoms with van der Waals surface area (Å²) in [6, 6.07) is 20.5. The molecular formula is C55H64N4O10. The summed E-state index contributed by atoms with van der Waals surface area (Å²) >= 11 is 0. The summed E-state index contributed by atoms with van der Waals surface area (Å²) in [5, 5.41) is 5.85. The molecule has 2 fully saturated rings. The van der Waals surface area contributed by atoms with E-state index in [-0.39, 0.29) is 35.8 Å². The number of benzene rings is 4. The first kappa shape index (κ1) is 49.9. The van der Waals surface area contributed by atoms with E-state index in [1.54, 1.807) is 49.5 Å². The van der Waals surface area contributed by atoms with Crippen LogP contribution in [-0.4, -0.2) is 91.2 Å². The molecule has 3 heterocycles. The topological polar surface area (TPSA) is 170 Å². The first-order valence-electron chi connectivity index (χ1n) is 24.0. The van der Waals surface area contributed by atoms with Crippen LogP contribution in [0.2, 0.25) is 0 Å². The Labute approximate surface area is 404 Å². The van der Waals surface area contributed by atoms with Gasteiger partial charge in [0, 0.05) is 30.9 Å². The number of anilines is 1. The monoisotopic (exact) mass is 940 g/mol. The Bertz CT molecular complexity index is 2610. The quantitative estimate of drug-likeness (QED) is 0.0494. The van der Waals surface area contributed by atoms with E-state index < -0.39 is 47.8 Å². The van der Waals surface area contributed by atoms with E-state index in [4.69, 9.17) is 18.9 Å². The molecule has 364 valence electrons. The van der Waals surface area contributed by atoms with Crippen molar-refractivity contribution in [1.29, 1.82) is 0 Å². The second-order valence-corrected chi connectivity index (χ2v) is 18.2. The first-order chi connectivity index (χ1) is 33.2. The number of carbonyl (C=O) groups is 6. The number of carbonyl (C=O) groups excluding carboxylic acids is 6. The number of ketones is 1. The molecule has 3 aliphatic rings. The Morgan fingerprint density at radius 3 is 2.35 bits per heavy atom. The van der Waals surface area contributed by atoms with Gasteiger partial charge in [0.25, 0.3) is 11.8 Å². The van der Waals surface area contributed by atoms with Crippen LogP contribution in [-0.2, 0) is 30.3 Å². The number of allylic oxidation sites excluding steroid dienone is 1. The minimum atomic E-state index is -0.909. The number of rotatable bonds is 20. The van der Waals surface area contributed by atoms with Crippen LogP contribution in [0.15, 0.2) is 85.1 Å². The van der Waals surface area contributed by atoms with Crippen LogP contribution < -0.4 is 24.8 Å². The standard InChI is InChI=1S/C55H64N4O10/c1-8-42(39-30-33(2)36(5)49(31-39)67-7)52(62)58-28-10-9-16-46(58)55(65)69-48(26-19-37-18-25-47(66-6)34(3)29-37)38-20-22-41(23-21-38)68-32-40(60)13-12-27-56-44-15-11-14-43-50(44)54(64)59(53(43)63)45-24-17-35(4)57-51(45)61/h11,14-15,18,20-23,25,29-31,42,45-46,48,56H,4,8-10,12-13,16-17,19,24,26-28,32H2,1-3,5-7H3,(H,57,61)/t42-,45?,46+,48+/m0/s1. The van der Waals surface area contributed by atoms with Gasteiger partial charge in [0.2, 0.25) is 11.8 Å². The van der Waals surface area contributed by atoms with Gasteiger partial charge in [-0.15, -0.1) is 0 Å². The molecule has 1 unspecified atom stereocenters. The van der Waals surface area contributed by atoms with Crippen molar-refractivity contribution < 1.29 is 47.7 Å². The number of piperidine rings is 2. The molecule has 2 saturated heterocycles. The number of imide groups is 1. The number of nitrogens with zero attached hydrogens (tertiary/aromatic N) is 2. The average molecular weight is 941 g/mol. The summed E-state index contributed by atoms with van der Waals surface area (Å²) in [7, 11) is 3.27. The number of ether oxygens (including phenoxy) is 4. The number of fused-ring (bicyclic) bond motifs is 1. The molecule has 0 bridgehead atoms. The van der Waals surface area contributed by atoms with Gasteiger partial charge in [0.1, 0.15) is 42.0 Å². The number of esters is 1. The second-order valence-electron chi connectivity index (χ2n) is 18.2. The molecule has 14 nitrogen and oxygen atoms in total. The van der Waals surface area contributed by atoms with Crippen molar-refractivity contribution >= 4 is 41.1 Å². The fourth-order valence-corrected chi connectivity index (χ4v) is 9.63. The molecule has 4 aromatic rings. The maximum atomic E-state index is 14.4. The molecule has 4 aromatic carbocycles. The summed E-state index contributed by atoms with van der Waals surface area (Å²) in [5.74, 6) is -0.583. The van der Waals surface area contributed by atoms with Crippen LogP contribution in [0, 0.1) is 20.8 Å². The van der Waals surface area contributed by atoms with Crippen molar-refractivity contribution in [2.24, 2.45) is 0 Å². The molecule has 0 aromatic heterocycles. The largest absolute Gasteiger partial charge is 0.496 e. The van der Waals surface area contributed by atoms with E-state index in [1.165, 1.54) is 0 Å². The predicted octanol–water partition coefficient (Wildman–Crippen LogP) is 8.65. The smallest absolute Gasteiger partial charge is 0.329 e. The molecule has 0 spiro atoms. The molecular weight excluding hydrogens is 877 g/mol. The van der Waals surface area contributed by atoms with E-state index in [0.29, 0.717) is 75.2 Å². The van der Waals surface area contributed by atoms with Crippen LogP contribution in [0.4, 0.5) is 5.69 Å². The SMILES string of the molecule is C=C1CCC(N2C(=O)c3cccc(NCCCC(=O)COc4ccc([C@@H](CCc5ccc(OC)c(C)c5)OC(=O)[C@H]5CCCCN5C(=O)[C@@H](CC)c5cc(C)c(C)c(OC)c5)cc4)c3C2=O)C(=O)N1. The molecule has 14 heteroatoms. The Morgan fingerprint density at radius 1 is 0.870 bits per heavy atom. The summed E-state index contributed by atoms with van der Waals surface area (Å²) in [6.07, 6.45) is 4.54. The van der Waals surface area contributed by atoms with E-state index >= 15 is 0 Å². The van der Waals surface area contributed by atoms with Gasteiger partial charge in [-0.3, -0.25) is 28.9 Å². The molecule has 4 amide bonds. The molecule has 0 aliphatic carbocycles. The number of aryl methyl sites for hydroxylation is 3. The highest BCUT2D eigenvalue weighted by atomic mass is 16.5. The van der Waals surface area contributed by atoms with Gasteiger partial charge >= 0.3 is 5.97 Å². The summed E-state index contributed by atoms with van der Waals surface area (Å²) < 4.78 is 23.4. The number of hydrogen-bond acceptors (Lipinski definition) is 11. The van der Waals surface area contributed by atoms with Crippen molar-refractivity contribution in [2.75, 3.05) is 39.2 Å². The maximum Gasteiger partial charge on any atom is 0.329 e. The zero-order chi connectivity index (χ0) is 49.4. The third-order valence-electron chi connectivity index (χ3n) is 13.6. The third kappa shape index (κ3) is 11.3. The van der Waals surface area contributed by atoms with E-state index in [1.807, 2.05) is 64.1 Å². The van der Waals surface area contributed by atoms with Gasteiger partial charge in [0.15, 0.2) is 5.78 Å². The summed E-state index contributed by atoms with van der Waals surface area (Å²) in [6.45, 7) is 12.4. The van der Waals surface area contributed by atoms with Gasteiger partial charge in [0.05, 0.1) is 31.3 Å². The van der Waals surface area contributed by atoms with Crippen molar-refractivity contribution in [3.63, 3.8) is 0 Å². The van der Waals surface area contributed by atoms with Crippen LogP contribution in [0.5, 0.6) is 17.2 Å². The maximum absolute atomic E-state index is 14.4. The summed E-state index contributed by atoms with van der Waals surface area (Å²) in [5.41, 5.74) is 7.21. The van der Waals surface area contributed by atoms with Gasteiger partial charge in [-0.1, -0.05) is 49.9 Å². The van der Waals surface area contributed by atoms with Crippen LogP contribution in [0.1, 0.15) is 131 Å². The lowest BCUT2D eigenvalue weighted by Crippen LogP contribution is -2.51. The minimum Gasteiger partial charge on any atom is -0.496 e. The lowest BCUT2D eigenvalue weighted by atomic mass is 9.90. The van der Waals surface area contributed by atoms with E-state index in [9.17, 15) is 28.8 Å². The van der Waals surface area contributed by atoms with E-state index in [2.05, 4.69) is 23.3 Å². The fourth-order valence-electron chi connectivity index (χ4n) is 9.63. The highest BCUT2D eigenvalue weighted by Crippen LogP contribution is 2.36. The number of methoxy groups -OCH3 is 2. The van der Waals surface area contributed by atoms with Crippen LogP contribution in [0.3, 0.4) is 0 Å². The number of amides is 4. The van der Waals surface area contributed by atoms with Gasteiger partial charge in [-0.05, 0) is 148 Å². The number of Topliss-reactive ketones (excluding diaryl/α,β-unsaturated/α-hetero) is 1. The minimum absolute atomic E-state index is 0.0953. The van der Waals surface area contributed by atoms with Gasteiger partial charge in [-0.2, -0.15) is 0 Å². The zero-order valence-electron chi connectivity index (χ0n) is 40.6. The zero-order valence-corrected chi connectivity index (χ0v) is 40.6. The second kappa shape index (κ2) is 22.4. The predicted molar refractivity (Wildman–Crippen MR) is 262 cm³/mol. The molecule has 0 radical (unpaired) electrons. The lowest BCUT2D eigenvalue weighted by Gasteiger charge is -2.37. The Kier molecular flexibility index (Phi) is 16.2. The third-order valence-corrected chi connectivity index (χ3v) is 13.6. The molecule has 2 N–H and O–H groups in total. The Balaban J connectivity index is 0.971. The molecule has 0 saturated carbocycles. The number of nitrogens with one attached hydrogen (secondary N) is 2. The van der Waals surface area contributed by atoms with Crippen molar-refractivity contribution in [2.45, 2.75) is 116 Å². The summed E-state index contributed by atoms with van der Waals surface area (Å²) in [4.78, 5) is 83.9. The first-order valence-corrected chi connectivity index (χ1v) is 24.0. The number of hydrogen-bond donors (Lipinski definition) is 2. The van der Waals surface area contributed by atoms with Crippen molar-refractivity contribution in [3.8, 4) is 17.2 Å². The highest BCUT2D eigenvalue weighted by Gasteiger charge is 2.45. The highest BCUT2D eigenvalue weighted by molar-refractivity contribution is 6.25. The molecule has 4 atom stereocenters. The number of likely N-dealkylation sites (tertiary alicyclic amines) is 1. The van der Waals surface area contributed by atoms with Gasteiger partial charge in [-0.25, -0.2) is 4.79 Å². The normalized spacial score (nSPS) is 17.7. The average Bonchev–Trinajstić information content (AvgIpc) is 3.60. The van der Waals surface area contributed by atoms with Crippen molar-refractivity contribution in [1.82, 2.24) is 15.1 Å². The van der Waals surface area contributed by atoms with E-state index in [0.717, 1.165) is 62.6 Å². The molecule has 7 rings (SSSR count). The fraction of sp³-hybridized carbons (Fsp3) is 0.418.